The molecule has 1 aromatic carbocycles. The summed E-state index contributed by atoms with van der Waals surface area (Å²) in [5.74, 6) is -0.774. The Bertz CT molecular complexity index is 354. The Morgan fingerprint density at radius 3 is 2.54 bits per heavy atom. The fourth-order valence-corrected chi connectivity index (χ4v) is 1.85. The smallest absolute Gasteiger partial charge is 0.178 e. The van der Waals surface area contributed by atoms with Crippen LogP contribution >= 0.6 is 43.5 Å². The first-order chi connectivity index (χ1) is 6.07. The maximum Gasteiger partial charge on any atom is 0.178 e. The predicted octanol–water partition coefficient (Wildman–Crippen LogP) is 3.77. The van der Waals surface area contributed by atoms with Gasteiger partial charge in [0, 0.05) is 10.0 Å². The lowest BCUT2D eigenvalue weighted by Gasteiger charge is -2.03. The Hall–Kier alpha value is 0.0700. The third-order valence-corrected chi connectivity index (χ3v) is 3.83. The molecule has 0 atom stereocenters. The molecule has 0 aliphatic rings. The lowest BCUT2D eigenvalue weighted by Crippen LogP contribution is -2.02. The van der Waals surface area contributed by atoms with E-state index in [0.717, 1.165) is 0 Å². The van der Waals surface area contributed by atoms with Gasteiger partial charge in [0.15, 0.2) is 5.78 Å². The van der Waals surface area contributed by atoms with Crippen LogP contribution in [-0.2, 0) is 0 Å². The van der Waals surface area contributed by atoms with Gasteiger partial charge in [0.2, 0.25) is 0 Å². The lowest BCUT2D eigenvalue weighted by molar-refractivity contribution is 0.102. The van der Waals surface area contributed by atoms with Crippen molar-refractivity contribution in [1.29, 1.82) is 0 Å². The predicted molar refractivity (Wildman–Crippen MR) is 56.9 cm³/mol. The van der Waals surface area contributed by atoms with Gasteiger partial charge in [-0.1, -0.05) is 0 Å². The number of carbonyl (C=O) groups excluding carboxylic acids is 1. The SMILES string of the molecule is O=C(CCl)c1ccc(F)c(Br)c1Br. The number of rotatable bonds is 2. The lowest BCUT2D eigenvalue weighted by atomic mass is 10.1. The Balaban J connectivity index is 3.26. The molecule has 0 bridgehead atoms. The molecule has 0 spiro atoms. The Kier molecular flexibility index (Phi) is 3.88. The summed E-state index contributed by atoms with van der Waals surface area (Å²) in [7, 11) is 0. The summed E-state index contributed by atoms with van der Waals surface area (Å²) in [6.07, 6.45) is 0. The highest BCUT2D eigenvalue weighted by Gasteiger charge is 2.13. The zero-order valence-corrected chi connectivity index (χ0v) is 10.2. The molecule has 0 unspecified atom stereocenters. The highest BCUT2D eigenvalue weighted by Crippen LogP contribution is 2.29. The van der Waals surface area contributed by atoms with Crippen molar-refractivity contribution in [3.05, 3.63) is 32.5 Å². The first kappa shape index (κ1) is 11.1. The van der Waals surface area contributed by atoms with E-state index in [4.69, 9.17) is 11.6 Å². The van der Waals surface area contributed by atoms with E-state index in [1.165, 1.54) is 12.1 Å². The summed E-state index contributed by atoms with van der Waals surface area (Å²) in [4.78, 5) is 11.2. The van der Waals surface area contributed by atoms with Crippen LogP contribution in [0, 0.1) is 5.82 Å². The number of ketones is 1. The number of hydrogen-bond donors (Lipinski definition) is 0. The molecule has 70 valence electrons. The molecular weight excluding hydrogens is 326 g/mol. The molecule has 0 aliphatic heterocycles. The fraction of sp³-hybridized carbons (Fsp3) is 0.125. The second-order valence-electron chi connectivity index (χ2n) is 2.28. The minimum atomic E-state index is -0.419. The Labute approximate surface area is 96.5 Å². The molecule has 0 N–H and O–H groups in total. The first-order valence-electron chi connectivity index (χ1n) is 3.30. The number of benzene rings is 1. The van der Waals surface area contributed by atoms with Crippen LogP contribution in [0.25, 0.3) is 0 Å². The van der Waals surface area contributed by atoms with Crippen molar-refractivity contribution in [2.45, 2.75) is 0 Å². The zero-order chi connectivity index (χ0) is 10.0. The van der Waals surface area contributed by atoms with Crippen molar-refractivity contribution in [2.24, 2.45) is 0 Å². The minimum Gasteiger partial charge on any atom is -0.293 e. The molecule has 0 fully saturated rings. The van der Waals surface area contributed by atoms with Gasteiger partial charge in [0.05, 0.1) is 10.4 Å². The van der Waals surface area contributed by atoms with Gasteiger partial charge >= 0.3 is 0 Å². The maximum atomic E-state index is 12.9. The highest BCUT2D eigenvalue weighted by atomic mass is 79.9. The summed E-state index contributed by atoms with van der Waals surface area (Å²) in [6, 6.07) is 2.61. The van der Waals surface area contributed by atoms with E-state index >= 15 is 0 Å². The summed E-state index contributed by atoms with van der Waals surface area (Å²) in [6.45, 7) is 0. The molecule has 1 aromatic rings. The Morgan fingerprint density at radius 2 is 2.00 bits per heavy atom. The van der Waals surface area contributed by atoms with Gasteiger partial charge in [0.1, 0.15) is 5.82 Å². The number of hydrogen-bond acceptors (Lipinski definition) is 1. The van der Waals surface area contributed by atoms with Gasteiger partial charge in [-0.15, -0.1) is 11.6 Å². The van der Waals surface area contributed by atoms with Gasteiger partial charge in [-0.25, -0.2) is 4.39 Å². The van der Waals surface area contributed by atoms with Gasteiger partial charge in [-0.3, -0.25) is 4.79 Å². The van der Waals surface area contributed by atoms with Gasteiger partial charge < -0.3 is 0 Å². The molecule has 0 saturated carbocycles. The number of carbonyl (C=O) groups is 1. The van der Waals surface area contributed by atoms with Crippen molar-refractivity contribution in [2.75, 3.05) is 5.88 Å². The molecule has 0 radical (unpaired) electrons. The molecule has 5 heteroatoms. The highest BCUT2D eigenvalue weighted by molar-refractivity contribution is 9.13. The molecule has 0 heterocycles. The average molecular weight is 330 g/mol. The number of Topliss-reactive ketones (excluding diaryl/α,β-unsaturated/α-hetero) is 1. The molecule has 0 amide bonds. The molecule has 0 aromatic heterocycles. The largest absolute Gasteiger partial charge is 0.293 e. The first-order valence-corrected chi connectivity index (χ1v) is 5.42. The molecule has 0 aliphatic carbocycles. The molecule has 13 heavy (non-hydrogen) atoms. The summed E-state index contributed by atoms with van der Waals surface area (Å²) >= 11 is 11.5. The zero-order valence-electron chi connectivity index (χ0n) is 6.28. The second kappa shape index (κ2) is 4.53. The standard InChI is InChI=1S/C8H4Br2ClFO/c9-7-4(6(13)3-11)1-2-5(12)8(7)10/h1-2H,3H2. The van der Waals surface area contributed by atoms with Crippen molar-refractivity contribution in [3.63, 3.8) is 0 Å². The molecule has 1 rings (SSSR count). The molecular formula is C8H4Br2ClFO. The van der Waals surface area contributed by atoms with Crippen LogP contribution in [0.3, 0.4) is 0 Å². The van der Waals surface area contributed by atoms with Crippen LogP contribution in [0.4, 0.5) is 4.39 Å². The van der Waals surface area contributed by atoms with E-state index in [-0.39, 0.29) is 16.1 Å². The van der Waals surface area contributed by atoms with Crippen LogP contribution < -0.4 is 0 Å². The van der Waals surface area contributed by atoms with Gasteiger partial charge in [-0.2, -0.15) is 0 Å². The van der Waals surface area contributed by atoms with Crippen molar-refractivity contribution in [1.82, 2.24) is 0 Å². The van der Waals surface area contributed by atoms with Crippen molar-refractivity contribution >= 4 is 49.2 Å². The monoisotopic (exact) mass is 328 g/mol. The second-order valence-corrected chi connectivity index (χ2v) is 4.13. The van der Waals surface area contributed by atoms with Crippen molar-refractivity contribution in [3.8, 4) is 0 Å². The van der Waals surface area contributed by atoms with E-state index < -0.39 is 5.82 Å². The Morgan fingerprint density at radius 1 is 1.38 bits per heavy atom. The normalized spacial score (nSPS) is 10.2. The summed E-state index contributed by atoms with van der Waals surface area (Å²) in [5.41, 5.74) is 0.378. The van der Waals surface area contributed by atoms with Crippen LogP contribution in [0.1, 0.15) is 10.4 Å². The quantitative estimate of drug-likeness (QED) is 0.458. The van der Waals surface area contributed by atoms with E-state index in [2.05, 4.69) is 31.9 Å². The number of alkyl halides is 1. The fourth-order valence-electron chi connectivity index (χ4n) is 0.813. The van der Waals surface area contributed by atoms with Gasteiger partial charge in [-0.05, 0) is 44.0 Å². The van der Waals surface area contributed by atoms with Crippen LogP contribution in [0.2, 0.25) is 0 Å². The number of halogens is 4. The topological polar surface area (TPSA) is 17.1 Å². The third kappa shape index (κ3) is 2.30. The van der Waals surface area contributed by atoms with E-state index in [0.29, 0.717) is 10.0 Å². The molecule has 0 saturated heterocycles. The summed E-state index contributed by atoms with van der Waals surface area (Å²) in [5, 5.41) is 0. The van der Waals surface area contributed by atoms with Gasteiger partial charge in [0.25, 0.3) is 0 Å². The van der Waals surface area contributed by atoms with Crippen LogP contribution in [-0.4, -0.2) is 11.7 Å². The van der Waals surface area contributed by atoms with Crippen LogP contribution in [0.15, 0.2) is 21.1 Å². The molecule has 1 nitrogen and oxygen atoms in total. The maximum absolute atomic E-state index is 12.9. The van der Waals surface area contributed by atoms with Crippen LogP contribution in [0.5, 0.6) is 0 Å². The van der Waals surface area contributed by atoms with E-state index in [1.54, 1.807) is 0 Å². The summed E-state index contributed by atoms with van der Waals surface area (Å²) < 4.78 is 13.5. The third-order valence-electron chi connectivity index (χ3n) is 1.46. The van der Waals surface area contributed by atoms with E-state index in [1.807, 2.05) is 0 Å². The average Bonchev–Trinajstić information content (AvgIpc) is 2.13. The minimum absolute atomic E-state index is 0.114. The van der Waals surface area contributed by atoms with E-state index in [9.17, 15) is 9.18 Å². The van der Waals surface area contributed by atoms with Crippen molar-refractivity contribution < 1.29 is 9.18 Å².